The van der Waals surface area contributed by atoms with Gasteiger partial charge in [-0.15, -0.1) is 0 Å². The topological polar surface area (TPSA) is 60.2 Å². The molecule has 0 aromatic heterocycles. The Morgan fingerprint density at radius 3 is 2.88 bits per heavy atom. The molecule has 4 nitrogen and oxygen atoms in total. The van der Waals surface area contributed by atoms with Gasteiger partial charge >= 0.3 is 0 Å². The Kier molecular flexibility index (Phi) is 3.83. The van der Waals surface area contributed by atoms with Gasteiger partial charge in [-0.3, -0.25) is 14.9 Å². The summed E-state index contributed by atoms with van der Waals surface area (Å²) in [5, 5.41) is 10.8. The zero-order valence-corrected chi connectivity index (χ0v) is 11.3. The number of halogens is 1. The van der Waals surface area contributed by atoms with Crippen molar-refractivity contribution in [2.45, 2.75) is 6.42 Å². The number of carbonyl (C=O) groups is 1. The van der Waals surface area contributed by atoms with Gasteiger partial charge < -0.3 is 0 Å². The van der Waals surface area contributed by atoms with Gasteiger partial charge in [0.25, 0.3) is 5.69 Å². The first-order valence-corrected chi connectivity index (χ1v) is 7.06. The minimum Gasteiger partial charge on any atom is -0.298 e. The zero-order chi connectivity index (χ0) is 12.4. The Labute approximate surface area is 111 Å². The second-order valence-corrected chi connectivity index (χ2v) is 5.71. The highest BCUT2D eigenvalue weighted by molar-refractivity contribution is 9.10. The predicted octanol–water partition coefficient (Wildman–Crippen LogP) is 2.83. The van der Waals surface area contributed by atoms with Gasteiger partial charge in [-0.25, -0.2) is 0 Å². The second kappa shape index (κ2) is 5.18. The van der Waals surface area contributed by atoms with E-state index in [2.05, 4.69) is 15.9 Å². The van der Waals surface area contributed by atoms with Gasteiger partial charge in [0, 0.05) is 17.7 Å². The van der Waals surface area contributed by atoms with E-state index in [0.29, 0.717) is 16.6 Å². The zero-order valence-electron chi connectivity index (χ0n) is 8.89. The normalized spacial score (nSPS) is 19.6. The summed E-state index contributed by atoms with van der Waals surface area (Å²) in [6.07, 6.45) is 0.577. The molecule has 0 amide bonds. The molecule has 1 heterocycles. The van der Waals surface area contributed by atoms with Crippen LogP contribution in [0.2, 0.25) is 0 Å². The van der Waals surface area contributed by atoms with Crippen molar-refractivity contribution in [2.75, 3.05) is 11.5 Å². The number of nitrogens with zero attached hydrogens (tertiary/aromatic N) is 1. The van der Waals surface area contributed by atoms with E-state index in [1.54, 1.807) is 17.8 Å². The molecule has 0 N–H and O–H groups in total. The lowest BCUT2D eigenvalue weighted by molar-refractivity contribution is -0.385. The van der Waals surface area contributed by atoms with Crippen molar-refractivity contribution < 1.29 is 9.72 Å². The van der Waals surface area contributed by atoms with Crippen LogP contribution in [-0.4, -0.2) is 22.2 Å². The van der Waals surface area contributed by atoms with Gasteiger partial charge in [-0.05, 0) is 27.9 Å². The SMILES string of the molecule is O=C1CSCC1Cc1cccc([N+](=O)[O-])c1Br. The van der Waals surface area contributed by atoms with Crippen molar-refractivity contribution in [1.29, 1.82) is 0 Å². The number of hydrogen-bond acceptors (Lipinski definition) is 4. The van der Waals surface area contributed by atoms with Gasteiger partial charge in [0.15, 0.2) is 0 Å². The number of carbonyl (C=O) groups excluding carboxylic acids is 1. The molecule has 0 aliphatic carbocycles. The summed E-state index contributed by atoms with van der Waals surface area (Å²) in [6.45, 7) is 0. The number of benzene rings is 1. The van der Waals surface area contributed by atoms with E-state index in [-0.39, 0.29) is 17.4 Å². The third-order valence-corrected chi connectivity index (χ3v) is 4.78. The standard InChI is InChI=1S/C11H10BrNO3S/c12-11-7(2-1-3-9(11)13(15)16)4-8-5-17-6-10(8)14/h1-3,8H,4-6H2. The van der Waals surface area contributed by atoms with Crippen LogP contribution in [-0.2, 0) is 11.2 Å². The summed E-state index contributed by atoms with van der Waals surface area (Å²) in [5.41, 5.74) is 0.889. The summed E-state index contributed by atoms with van der Waals surface area (Å²) in [4.78, 5) is 21.9. The fraction of sp³-hybridized carbons (Fsp3) is 0.364. The van der Waals surface area contributed by atoms with Crippen molar-refractivity contribution in [3.05, 3.63) is 38.3 Å². The predicted molar refractivity (Wildman–Crippen MR) is 70.3 cm³/mol. The second-order valence-electron chi connectivity index (χ2n) is 3.89. The van der Waals surface area contributed by atoms with Crippen molar-refractivity contribution >= 4 is 39.2 Å². The number of ketones is 1. The molecule has 1 unspecified atom stereocenters. The maximum atomic E-state index is 11.5. The Bertz CT molecular complexity index is 478. The maximum absolute atomic E-state index is 11.5. The first-order valence-electron chi connectivity index (χ1n) is 5.12. The number of nitro groups is 1. The molecule has 1 aromatic carbocycles. The summed E-state index contributed by atoms with van der Waals surface area (Å²) in [7, 11) is 0. The monoisotopic (exact) mass is 315 g/mol. The number of Topliss-reactive ketones (excluding diaryl/α,β-unsaturated/α-hetero) is 1. The van der Waals surface area contributed by atoms with Crippen LogP contribution in [0.4, 0.5) is 5.69 Å². The van der Waals surface area contributed by atoms with E-state index in [1.807, 2.05) is 6.07 Å². The molecule has 1 aliphatic heterocycles. The molecular weight excluding hydrogens is 306 g/mol. The molecule has 6 heteroatoms. The molecule has 0 bridgehead atoms. The molecule has 1 aromatic rings. The molecule has 90 valence electrons. The van der Waals surface area contributed by atoms with E-state index in [9.17, 15) is 14.9 Å². The van der Waals surface area contributed by atoms with Crippen LogP contribution in [0.25, 0.3) is 0 Å². The Morgan fingerprint density at radius 2 is 2.29 bits per heavy atom. The van der Waals surface area contributed by atoms with Crippen LogP contribution in [0.1, 0.15) is 5.56 Å². The first kappa shape index (κ1) is 12.6. The minimum absolute atomic E-state index is 0.00157. The number of thioether (sulfide) groups is 1. The van der Waals surface area contributed by atoms with Crippen LogP contribution >= 0.6 is 27.7 Å². The third kappa shape index (κ3) is 2.69. The van der Waals surface area contributed by atoms with Gasteiger partial charge in [0.2, 0.25) is 0 Å². The molecule has 2 rings (SSSR count). The highest BCUT2D eigenvalue weighted by atomic mass is 79.9. The minimum atomic E-state index is -0.418. The summed E-state index contributed by atoms with van der Waals surface area (Å²) >= 11 is 4.88. The van der Waals surface area contributed by atoms with E-state index < -0.39 is 4.92 Å². The van der Waals surface area contributed by atoms with E-state index in [4.69, 9.17) is 0 Å². The number of nitro benzene ring substituents is 1. The average Bonchev–Trinajstić information content (AvgIpc) is 2.67. The smallest absolute Gasteiger partial charge is 0.283 e. The summed E-state index contributed by atoms with van der Waals surface area (Å²) < 4.78 is 0.495. The van der Waals surface area contributed by atoms with Crippen molar-refractivity contribution in [3.8, 4) is 0 Å². The Hall–Kier alpha value is -0.880. The van der Waals surface area contributed by atoms with Gasteiger partial charge in [-0.1, -0.05) is 12.1 Å². The molecule has 1 aliphatic rings. The molecule has 1 atom stereocenters. The van der Waals surface area contributed by atoms with Crippen LogP contribution in [0.15, 0.2) is 22.7 Å². The van der Waals surface area contributed by atoms with Crippen LogP contribution in [0, 0.1) is 16.0 Å². The molecule has 1 fully saturated rings. The van der Waals surface area contributed by atoms with Gasteiger partial charge in [0.05, 0.1) is 15.1 Å². The lowest BCUT2D eigenvalue weighted by Gasteiger charge is -2.09. The Balaban J connectivity index is 2.24. The summed E-state index contributed by atoms with van der Waals surface area (Å²) in [6, 6.07) is 4.94. The van der Waals surface area contributed by atoms with Crippen molar-refractivity contribution in [3.63, 3.8) is 0 Å². The van der Waals surface area contributed by atoms with E-state index in [0.717, 1.165) is 11.3 Å². The first-order chi connectivity index (χ1) is 8.09. The largest absolute Gasteiger partial charge is 0.298 e. The average molecular weight is 316 g/mol. The highest BCUT2D eigenvalue weighted by Crippen LogP contribution is 2.32. The third-order valence-electron chi connectivity index (χ3n) is 2.74. The van der Waals surface area contributed by atoms with E-state index >= 15 is 0 Å². The number of rotatable bonds is 3. The molecule has 0 saturated carbocycles. The van der Waals surface area contributed by atoms with Gasteiger partial charge in [0.1, 0.15) is 5.78 Å². The fourth-order valence-corrected chi connectivity index (χ4v) is 3.53. The van der Waals surface area contributed by atoms with Gasteiger partial charge in [-0.2, -0.15) is 11.8 Å². The number of hydrogen-bond donors (Lipinski definition) is 0. The maximum Gasteiger partial charge on any atom is 0.283 e. The Morgan fingerprint density at radius 1 is 1.53 bits per heavy atom. The molecule has 1 saturated heterocycles. The summed E-state index contributed by atoms with van der Waals surface area (Å²) in [5.74, 6) is 1.62. The quantitative estimate of drug-likeness (QED) is 0.635. The molecule has 0 spiro atoms. The molecular formula is C11H10BrNO3S. The van der Waals surface area contributed by atoms with Crippen molar-refractivity contribution in [1.82, 2.24) is 0 Å². The fourth-order valence-electron chi connectivity index (χ4n) is 1.82. The molecule has 17 heavy (non-hydrogen) atoms. The van der Waals surface area contributed by atoms with E-state index in [1.165, 1.54) is 6.07 Å². The van der Waals surface area contributed by atoms with Crippen molar-refractivity contribution in [2.24, 2.45) is 5.92 Å². The van der Waals surface area contributed by atoms with Crippen LogP contribution in [0.3, 0.4) is 0 Å². The van der Waals surface area contributed by atoms with Crippen LogP contribution in [0.5, 0.6) is 0 Å². The molecule has 0 radical (unpaired) electrons. The lowest BCUT2D eigenvalue weighted by atomic mass is 9.98. The highest BCUT2D eigenvalue weighted by Gasteiger charge is 2.27. The lowest BCUT2D eigenvalue weighted by Crippen LogP contribution is -2.14. The van der Waals surface area contributed by atoms with Crippen LogP contribution < -0.4 is 0 Å².